The highest BCUT2D eigenvalue weighted by Crippen LogP contribution is 2.39. The van der Waals surface area contributed by atoms with Gasteiger partial charge in [-0.25, -0.2) is 0 Å². The van der Waals surface area contributed by atoms with Gasteiger partial charge in [0, 0.05) is 32.9 Å². The van der Waals surface area contributed by atoms with Crippen molar-refractivity contribution >= 4 is 43.6 Å². The van der Waals surface area contributed by atoms with Gasteiger partial charge in [-0.15, -0.1) is 0 Å². The average molecular weight is 577 g/mol. The highest BCUT2D eigenvalue weighted by Gasteiger charge is 2.20. The number of nitrogens with zero attached hydrogens (tertiary/aromatic N) is 4. The zero-order valence-corrected chi connectivity index (χ0v) is 24.2. The Labute approximate surface area is 259 Å². The van der Waals surface area contributed by atoms with Crippen molar-refractivity contribution in [3.63, 3.8) is 0 Å². The van der Waals surface area contributed by atoms with Crippen molar-refractivity contribution in [1.29, 1.82) is 10.5 Å². The third kappa shape index (κ3) is 3.76. The first-order chi connectivity index (χ1) is 22.2. The molecule has 6 aromatic carbocycles. The Morgan fingerprint density at radius 1 is 0.467 bits per heavy atom. The molecule has 0 aliphatic carbocycles. The second-order valence-corrected chi connectivity index (χ2v) is 11.6. The van der Waals surface area contributed by atoms with Crippen LogP contribution in [0.15, 0.2) is 121 Å². The molecule has 5 heteroatoms. The van der Waals surface area contributed by atoms with Gasteiger partial charge in [-0.3, -0.25) is 0 Å². The van der Waals surface area contributed by atoms with Gasteiger partial charge in [0.05, 0.1) is 58.5 Å². The Morgan fingerprint density at radius 2 is 0.911 bits per heavy atom. The minimum absolute atomic E-state index is 0.527. The normalized spacial score (nSPS) is 12.6. The molecule has 0 bridgehead atoms. The maximum absolute atomic E-state index is 9.63. The Kier molecular flexibility index (Phi) is 5.46. The van der Waals surface area contributed by atoms with Gasteiger partial charge in [-0.1, -0.05) is 48.5 Å². The van der Waals surface area contributed by atoms with Crippen LogP contribution in [-0.2, 0) is 18.0 Å². The van der Waals surface area contributed by atoms with Crippen molar-refractivity contribution in [2.75, 3.05) is 0 Å². The van der Waals surface area contributed by atoms with Gasteiger partial charge in [0.15, 0.2) is 0 Å². The summed E-state index contributed by atoms with van der Waals surface area (Å²) in [6.07, 6.45) is 0. The number of ether oxygens (including phenoxy) is 1. The van der Waals surface area contributed by atoms with Crippen molar-refractivity contribution in [3.8, 4) is 34.6 Å². The summed E-state index contributed by atoms with van der Waals surface area (Å²) in [5, 5.41) is 23.6. The van der Waals surface area contributed by atoms with Crippen LogP contribution in [0.2, 0.25) is 0 Å². The molecule has 210 valence electrons. The molecule has 1 aliphatic heterocycles. The summed E-state index contributed by atoms with van der Waals surface area (Å²) >= 11 is 0. The predicted octanol–water partition coefficient (Wildman–Crippen LogP) is 9.32. The van der Waals surface area contributed by atoms with E-state index in [1.165, 1.54) is 21.8 Å². The lowest BCUT2D eigenvalue weighted by Crippen LogP contribution is -1.99. The monoisotopic (exact) mass is 576 g/mol. The van der Waals surface area contributed by atoms with Crippen molar-refractivity contribution in [1.82, 2.24) is 9.13 Å². The van der Waals surface area contributed by atoms with E-state index in [0.717, 1.165) is 55.4 Å². The Balaban J connectivity index is 1.29. The molecule has 5 nitrogen and oxygen atoms in total. The van der Waals surface area contributed by atoms with Crippen molar-refractivity contribution in [2.24, 2.45) is 0 Å². The predicted molar refractivity (Wildman–Crippen MR) is 178 cm³/mol. The molecule has 0 unspecified atom stereocenters. The highest BCUT2D eigenvalue weighted by molar-refractivity contribution is 6.11. The first-order valence-corrected chi connectivity index (χ1v) is 14.9. The molecule has 0 radical (unpaired) electrons. The Hall–Kier alpha value is -6.14. The van der Waals surface area contributed by atoms with Crippen LogP contribution < -0.4 is 0 Å². The minimum atomic E-state index is 0.527. The van der Waals surface area contributed by atoms with Crippen LogP contribution in [-0.4, -0.2) is 9.13 Å². The van der Waals surface area contributed by atoms with E-state index in [1.807, 2.05) is 36.4 Å². The number of rotatable bonds is 2. The Bertz CT molecular complexity index is 2480. The lowest BCUT2D eigenvalue weighted by atomic mass is 9.95. The smallest absolute Gasteiger partial charge is 0.0991 e. The number of benzene rings is 6. The van der Waals surface area contributed by atoms with Gasteiger partial charge in [-0.05, 0) is 95.1 Å². The minimum Gasteiger partial charge on any atom is -0.372 e. The largest absolute Gasteiger partial charge is 0.372 e. The molecule has 0 spiro atoms. The zero-order valence-electron chi connectivity index (χ0n) is 24.2. The fourth-order valence-electron chi connectivity index (χ4n) is 7.07. The summed E-state index contributed by atoms with van der Waals surface area (Å²) < 4.78 is 10.8. The number of nitriles is 2. The molecule has 45 heavy (non-hydrogen) atoms. The van der Waals surface area contributed by atoms with E-state index in [2.05, 4.69) is 106 Å². The first kappa shape index (κ1) is 25.4. The van der Waals surface area contributed by atoms with E-state index in [-0.39, 0.29) is 0 Å². The van der Waals surface area contributed by atoms with Crippen LogP contribution in [0.5, 0.6) is 0 Å². The van der Waals surface area contributed by atoms with Gasteiger partial charge in [-0.2, -0.15) is 10.5 Å². The molecule has 2 aromatic heterocycles. The third-order valence-corrected chi connectivity index (χ3v) is 9.11. The lowest BCUT2D eigenvalue weighted by Gasteiger charge is -2.16. The van der Waals surface area contributed by atoms with E-state index in [0.29, 0.717) is 24.3 Å². The topological polar surface area (TPSA) is 66.7 Å². The van der Waals surface area contributed by atoms with E-state index in [4.69, 9.17) is 4.74 Å². The highest BCUT2D eigenvalue weighted by atomic mass is 16.5. The standard InChI is InChI=1S/C40H24N4O/c41-21-25-9-15-39-35(17-25)36-18-26(22-42)10-16-40(36)44(39)30-14-12-28-24-45-23-27-11-13-29(19-33(27)34(28)20-30)43-37-7-3-1-5-31(37)32-6-2-4-8-38(32)43/h1-20H,23-24H2. The molecule has 3 heterocycles. The molecule has 0 saturated carbocycles. The molecule has 0 atom stereocenters. The van der Waals surface area contributed by atoms with Crippen LogP contribution in [0.1, 0.15) is 22.3 Å². The molecule has 9 rings (SSSR count). The van der Waals surface area contributed by atoms with Crippen LogP contribution in [0.3, 0.4) is 0 Å². The molecule has 0 fully saturated rings. The van der Waals surface area contributed by atoms with Crippen LogP contribution in [0, 0.1) is 22.7 Å². The molecule has 0 amide bonds. The number of fused-ring (bicyclic) bond motifs is 9. The molecule has 0 saturated heterocycles. The lowest BCUT2D eigenvalue weighted by molar-refractivity contribution is 0.110. The quantitative estimate of drug-likeness (QED) is 0.206. The zero-order chi connectivity index (χ0) is 30.1. The summed E-state index contributed by atoms with van der Waals surface area (Å²) in [6, 6.07) is 46.5. The first-order valence-electron chi connectivity index (χ1n) is 14.9. The molecule has 1 aliphatic rings. The van der Waals surface area contributed by atoms with Crippen molar-refractivity contribution < 1.29 is 4.74 Å². The van der Waals surface area contributed by atoms with Crippen molar-refractivity contribution in [3.05, 3.63) is 144 Å². The van der Waals surface area contributed by atoms with Crippen LogP contribution in [0.4, 0.5) is 0 Å². The number of hydrogen-bond donors (Lipinski definition) is 0. The molecule has 8 aromatic rings. The summed E-state index contributed by atoms with van der Waals surface area (Å²) in [6.45, 7) is 1.06. The van der Waals surface area contributed by atoms with E-state index in [9.17, 15) is 10.5 Å². The maximum atomic E-state index is 9.63. The fraction of sp³-hybridized carbons (Fsp3) is 0.0500. The van der Waals surface area contributed by atoms with Crippen LogP contribution in [0.25, 0.3) is 66.1 Å². The van der Waals surface area contributed by atoms with Crippen molar-refractivity contribution in [2.45, 2.75) is 13.2 Å². The van der Waals surface area contributed by atoms with Gasteiger partial charge in [0.1, 0.15) is 0 Å². The van der Waals surface area contributed by atoms with Gasteiger partial charge >= 0.3 is 0 Å². The van der Waals surface area contributed by atoms with E-state index in [1.54, 1.807) is 0 Å². The summed E-state index contributed by atoms with van der Waals surface area (Å²) in [5.41, 5.74) is 12.2. The number of hydrogen-bond acceptors (Lipinski definition) is 3. The Morgan fingerprint density at radius 3 is 1.38 bits per heavy atom. The van der Waals surface area contributed by atoms with E-state index < -0.39 is 0 Å². The fourth-order valence-corrected chi connectivity index (χ4v) is 7.07. The summed E-state index contributed by atoms with van der Waals surface area (Å²) in [5.74, 6) is 0. The second-order valence-electron chi connectivity index (χ2n) is 11.6. The van der Waals surface area contributed by atoms with Gasteiger partial charge in [0.2, 0.25) is 0 Å². The van der Waals surface area contributed by atoms with E-state index >= 15 is 0 Å². The number of aromatic nitrogens is 2. The average Bonchev–Trinajstić information content (AvgIpc) is 3.53. The summed E-state index contributed by atoms with van der Waals surface area (Å²) in [4.78, 5) is 0. The van der Waals surface area contributed by atoms with Gasteiger partial charge < -0.3 is 13.9 Å². The second kappa shape index (κ2) is 9.69. The SMILES string of the molecule is N#Cc1ccc2c(c1)c1cc(C#N)ccc1n2-c1ccc2c(c1)-c1cc(-n3c4ccccc4c4ccccc43)ccc1COC2. The van der Waals surface area contributed by atoms with Crippen LogP contribution >= 0.6 is 0 Å². The molecular weight excluding hydrogens is 552 g/mol. The maximum Gasteiger partial charge on any atom is 0.0991 e. The third-order valence-electron chi connectivity index (χ3n) is 9.11. The molecule has 0 N–H and O–H groups in total. The van der Waals surface area contributed by atoms with Gasteiger partial charge in [0.25, 0.3) is 0 Å². The molecular formula is C40H24N4O. The summed E-state index contributed by atoms with van der Waals surface area (Å²) in [7, 11) is 0. The number of para-hydroxylation sites is 2.